The van der Waals surface area contributed by atoms with Crippen molar-refractivity contribution in [1.29, 1.82) is 0 Å². The highest BCUT2D eigenvalue weighted by Crippen LogP contribution is 2.16. The molecule has 0 saturated carbocycles. The van der Waals surface area contributed by atoms with Crippen LogP contribution in [0.2, 0.25) is 0 Å². The van der Waals surface area contributed by atoms with E-state index in [0.29, 0.717) is 13.1 Å². The van der Waals surface area contributed by atoms with Crippen LogP contribution >= 0.6 is 12.4 Å². The summed E-state index contributed by atoms with van der Waals surface area (Å²) in [5.74, 6) is -0.286. The Bertz CT molecular complexity index is 455. The number of amides is 1. The van der Waals surface area contributed by atoms with Crippen LogP contribution in [0.25, 0.3) is 0 Å². The smallest absolute Gasteiger partial charge is 0.225 e. The molecule has 21 heavy (non-hydrogen) atoms. The summed E-state index contributed by atoms with van der Waals surface area (Å²) in [6, 6.07) is 6.15. The van der Waals surface area contributed by atoms with Gasteiger partial charge in [0, 0.05) is 13.6 Å². The number of para-hydroxylation sites is 1. The summed E-state index contributed by atoms with van der Waals surface area (Å²) >= 11 is 0. The number of hydrogen-bond donors (Lipinski definition) is 1. The predicted molar refractivity (Wildman–Crippen MR) is 84.2 cm³/mol. The quantitative estimate of drug-likeness (QED) is 0.840. The van der Waals surface area contributed by atoms with Crippen LogP contribution in [0, 0.1) is 11.2 Å². The Morgan fingerprint density at radius 2 is 2.00 bits per heavy atom. The largest absolute Gasteiger partial charge is 0.490 e. The SMILES string of the molecule is CN(CC(C)(C)CN)C(=O)CCOc1ccccc1F.Cl. The lowest BCUT2D eigenvalue weighted by Crippen LogP contribution is -2.40. The summed E-state index contributed by atoms with van der Waals surface area (Å²) in [4.78, 5) is 13.6. The van der Waals surface area contributed by atoms with Gasteiger partial charge in [-0.1, -0.05) is 26.0 Å². The van der Waals surface area contributed by atoms with Crippen LogP contribution in [0.3, 0.4) is 0 Å². The number of rotatable bonds is 7. The lowest BCUT2D eigenvalue weighted by atomic mass is 9.93. The van der Waals surface area contributed by atoms with E-state index in [1.54, 1.807) is 30.1 Å². The van der Waals surface area contributed by atoms with Gasteiger partial charge in [-0.25, -0.2) is 4.39 Å². The van der Waals surface area contributed by atoms with E-state index in [4.69, 9.17) is 10.5 Å². The summed E-state index contributed by atoms with van der Waals surface area (Å²) in [7, 11) is 1.74. The van der Waals surface area contributed by atoms with Crippen molar-refractivity contribution < 1.29 is 13.9 Å². The standard InChI is InChI=1S/C15H23FN2O2.ClH/c1-15(2,10-17)11-18(3)14(19)8-9-20-13-7-5-4-6-12(13)16;/h4-7H,8-11,17H2,1-3H3;1H. The van der Waals surface area contributed by atoms with Crippen molar-refractivity contribution in [3.05, 3.63) is 30.1 Å². The molecular formula is C15H24ClFN2O2. The first-order chi connectivity index (χ1) is 9.35. The third-order valence-corrected chi connectivity index (χ3v) is 3.05. The maximum atomic E-state index is 13.3. The zero-order valence-electron chi connectivity index (χ0n) is 12.8. The molecule has 0 heterocycles. The first kappa shape index (κ1) is 19.7. The number of nitrogens with two attached hydrogens (primary N) is 1. The molecule has 2 N–H and O–H groups in total. The van der Waals surface area contributed by atoms with Gasteiger partial charge in [-0.3, -0.25) is 4.79 Å². The number of carbonyl (C=O) groups is 1. The van der Waals surface area contributed by atoms with Gasteiger partial charge in [0.2, 0.25) is 5.91 Å². The summed E-state index contributed by atoms with van der Waals surface area (Å²) < 4.78 is 18.6. The molecule has 0 bridgehead atoms. The Balaban J connectivity index is 0.00000400. The molecule has 0 aliphatic rings. The highest BCUT2D eigenvalue weighted by atomic mass is 35.5. The van der Waals surface area contributed by atoms with Gasteiger partial charge in [-0.15, -0.1) is 12.4 Å². The topological polar surface area (TPSA) is 55.6 Å². The second-order valence-electron chi connectivity index (χ2n) is 5.65. The van der Waals surface area contributed by atoms with Crippen LogP contribution in [-0.2, 0) is 4.79 Å². The molecule has 0 spiro atoms. The molecule has 120 valence electrons. The third kappa shape index (κ3) is 6.78. The van der Waals surface area contributed by atoms with Crippen LogP contribution in [0.5, 0.6) is 5.75 Å². The third-order valence-electron chi connectivity index (χ3n) is 3.05. The molecule has 0 aromatic heterocycles. The lowest BCUT2D eigenvalue weighted by molar-refractivity contribution is -0.131. The Kier molecular flexibility index (Phi) is 8.29. The van der Waals surface area contributed by atoms with Crippen molar-refractivity contribution in [3.8, 4) is 5.75 Å². The summed E-state index contributed by atoms with van der Waals surface area (Å²) in [5, 5.41) is 0. The van der Waals surface area contributed by atoms with Crippen LogP contribution in [0.15, 0.2) is 24.3 Å². The molecule has 6 heteroatoms. The van der Waals surface area contributed by atoms with Gasteiger partial charge in [0.15, 0.2) is 11.6 Å². The Hall–Kier alpha value is -1.33. The molecule has 0 aliphatic heterocycles. The fourth-order valence-corrected chi connectivity index (χ4v) is 1.80. The van der Waals surface area contributed by atoms with Crippen molar-refractivity contribution in [2.24, 2.45) is 11.1 Å². The number of carbonyl (C=O) groups excluding carboxylic acids is 1. The zero-order chi connectivity index (χ0) is 15.2. The molecule has 1 amide bonds. The molecule has 0 fully saturated rings. The van der Waals surface area contributed by atoms with Gasteiger partial charge in [-0.2, -0.15) is 0 Å². The van der Waals surface area contributed by atoms with Crippen LogP contribution < -0.4 is 10.5 Å². The molecule has 1 aromatic carbocycles. The Morgan fingerprint density at radius 1 is 1.38 bits per heavy atom. The van der Waals surface area contributed by atoms with Crippen molar-refractivity contribution in [2.75, 3.05) is 26.7 Å². The van der Waals surface area contributed by atoms with E-state index in [0.717, 1.165) is 0 Å². The van der Waals surface area contributed by atoms with Crippen LogP contribution in [-0.4, -0.2) is 37.6 Å². The maximum absolute atomic E-state index is 13.3. The molecule has 1 aromatic rings. The Morgan fingerprint density at radius 3 is 2.57 bits per heavy atom. The van der Waals surface area contributed by atoms with E-state index in [2.05, 4.69) is 0 Å². The molecule has 1 rings (SSSR count). The highest BCUT2D eigenvalue weighted by molar-refractivity contribution is 5.85. The van der Waals surface area contributed by atoms with Crippen molar-refractivity contribution in [1.82, 2.24) is 4.90 Å². The normalized spacial score (nSPS) is 10.7. The molecule has 0 atom stereocenters. The fourth-order valence-electron chi connectivity index (χ4n) is 1.80. The summed E-state index contributed by atoms with van der Waals surface area (Å²) in [6.45, 7) is 5.27. The van der Waals surface area contributed by atoms with Gasteiger partial charge in [0.25, 0.3) is 0 Å². The predicted octanol–water partition coefficient (Wildman–Crippen LogP) is 2.46. The number of hydrogen-bond acceptors (Lipinski definition) is 3. The van der Waals surface area contributed by atoms with Gasteiger partial charge >= 0.3 is 0 Å². The van der Waals surface area contributed by atoms with Crippen molar-refractivity contribution in [3.63, 3.8) is 0 Å². The lowest BCUT2D eigenvalue weighted by Gasteiger charge is -2.29. The first-order valence-electron chi connectivity index (χ1n) is 6.67. The summed E-state index contributed by atoms with van der Waals surface area (Å²) in [5.41, 5.74) is 5.53. The minimum atomic E-state index is -0.419. The van der Waals surface area contributed by atoms with Crippen LogP contribution in [0.4, 0.5) is 4.39 Å². The average Bonchev–Trinajstić information content (AvgIpc) is 2.40. The number of nitrogens with zero attached hydrogens (tertiary/aromatic N) is 1. The zero-order valence-corrected chi connectivity index (χ0v) is 13.6. The number of halogens is 2. The van der Waals surface area contributed by atoms with Gasteiger partial charge in [-0.05, 0) is 24.1 Å². The van der Waals surface area contributed by atoms with Crippen molar-refractivity contribution in [2.45, 2.75) is 20.3 Å². The van der Waals surface area contributed by atoms with Gasteiger partial charge in [0.05, 0.1) is 13.0 Å². The Labute approximate surface area is 131 Å². The van der Waals surface area contributed by atoms with Gasteiger partial charge < -0.3 is 15.4 Å². The first-order valence-corrected chi connectivity index (χ1v) is 6.67. The molecule has 0 unspecified atom stereocenters. The minimum absolute atomic E-state index is 0. The maximum Gasteiger partial charge on any atom is 0.225 e. The van der Waals surface area contributed by atoms with E-state index in [9.17, 15) is 9.18 Å². The average molecular weight is 319 g/mol. The van der Waals surface area contributed by atoms with Crippen LogP contribution in [0.1, 0.15) is 20.3 Å². The van der Waals surface area contributed by atoms with E-state index in [-0.39, 0.29) is 42.5 Å². The van der Waals surface area contributed by atoms with E-state index < -0.39 is 5.82 Å². The molecule has 0 aliphatic carbocycles. The van der Waals surface area contributed by atoms with Crippen molar-refractivity contribution >= 4 is 18.3 Å². The van der Waals surface area contributed by atoms with E-state index in [1.807, 2.05) is 13.8 Å². The number of ether oxygens (including phenoxy) is 1. The molecule has 4 nitrogen and oxygen atoms in total. The highest BCUT2D eigenvalue weighted by Gasteiger charge is 2.21. The number of benzene rings is 1. The second kappa shape index (κ2) is 8.85. The fraction of sp³-hybridized carbons (Fsp3) is 0.533. The molecule has 0 saturated heterocycles. The molecule has 0 radical (unpaired) electrons. The monoisotopic (exact) mass is 318 g/mol. The molecular weight excluding hydrogens is 295 g/mol. The van der Waals surface area contributed by atoms with Gasteiger partial charge in [0.1, 0.15) is 0 Å². The second-order valence-corrected chi connectivity index (χ2v) is 5.65. The van der Waals surface area contributed by atoms with E-state index >= 15 is 0 Å². The summed E-state index contributed by atoms with van der Waals surface area (Å²) in [6.07, 6.45) is 0.214. The van der Waals surface area contributed by atoms with E-state index in [1.165, 1.54) is 6.07 Å². The minimum Gasteiger partial charge on any atom is -0.490 e.